The third-order valence-electron chi connectivity index (χ3n) is 5.30. The number of rotatable bonds is 2. The highest BCUT2D eigenvalue weighted by atomic mass is 32.2. The predicted octanol–water partition coefficient (Wildman–Crippen LogP) is 2.49. The number of amides is 1. The number of benzene rings is 1. The molecule has 0 bridgehead atoms. The molecule has 2 fully saturated rings. The summed E-state index contributed by atoms with van der Waals surface area (Å²) in [7, 11) is -0.512. The van der Waals surface area contributed by atoms with Crippen LogP contribution in [0.25, 0.3) is 0 Å². The monoisotopic (exact) mass is 368 g/mol. The summed E-state index contributed by atoms with van der Waals surface area (Å²) in [6.07, 6.45) is 1.95. The maximum Gasteiger partial charge on any atom is 0.254 e. The number of ether oxygens (including phenoxy) is 1. The molecule has 0 aromatic heterocycles. The van der Waals surface area contributed by atoms with Crippen LogP contribution in [0.15, 0.2) is 22.6 Å². The average Bonchev–Trinajstić information content (AvgIpc) is 2.64. The van der Waals surface area contributed by atoms with Crippen molar-refractivity contribution in [2.45, 2.75) is 31.8 Å². The minimum atomic E-state index is -2.12. The minimum absolute atomic E-state index is 0.148. The van der Waals surface area contributed by atoms with E-state index in [1.54, 1.807) is 18.0 Å². The molecule has 138 valence electrons. The predicted molar refractivity (Wildman–Crippen MR) is 95.8 cm³/mol. The van der Waals surface area contributed by atoms with Crippen LogP contribution in [0.4, 0.5) is 4.39 Å². The fourth-order valence-electron chi connectivity index (χ4n) is 3.65. The first-order chi connectivity index (χ1) is 11.9. The van der Waals surface area contributed by atoms with E-state index < -0.39 is 21.1 Å². The standard InChI is InChI=1S/C18H25FN2O3S/c1-3-14-4-5-15(19)12-16(14)17(22)21-8-9-24-18(13-21)6-10-25(23,20-2)11-7-18/h4-5,12H,3,6-11,13H2,1-2H3. The molecule has 0 unspecified atom stereocenters. The molecule has 1 amide bonds. The third-order valence-corrected chi connectivity index (χ3v) is 7.65. The SMILES string of the molecule is CCc1ccc(F)cc1C(=O)N1CCOC2(CCS(=O)(=NC)CC2)C1. The Balaban J connectivity index is 1.79. The van der Waals surface area contributed by atoms with Gasteiger partial charge in [0.15, 0.2) is 0 Å². The van der Waals surface area contributed by atoms with E-state index in [1.807, 2.05) is 6.92 Å². The normalized spacial score (nSPS) is 29.6. The van der Waals surface area contributed by atoms with Crippen LogP contribution in [0.3, 0.4) is 0 Å². The van der Waals surface area contributed by atoms with E-state index in [1.165, 1.54) is 12.1 Å². The average molecular weight is 368 g/mol. The Morgan fingerprint density at radius 1 is 1.40 bits per heavy atom. The molecule has 0 aliphatic carbocycles. The smallest absolute Gasteiger partial charge is 0.254 e. The molecular weight excluding hydrogens is 343 g/mol. The molecule has 25 heavy (non-hydrogen) atoms. The van der Waals surface area contributed by atoms with E-state index in [0.29, 0.717) is 56.0 Å². The first-order valence-corrected chi connectivity index (χ1v) is 10.6. The lowest BCUT2D eigenvalue weighted by Crippen LogP contribution is -2.56. The fraction of sp³-hybridized carbons (Fsp3) is 0.611. The topological polar surface area (TPSA) is 59.0 Å². The second-order valence-electron chi connectivity index (χ2n) is 6.78. The van der Waals surface area contributed by atoms with E-state index in [0.717, 1.165) is 5.56 Å². The third kappa shape index (κ3) is 3.72. The van der Waals surface area contributed by atoms with Gasteiger partial charge in [-0.05, 0) is 37.0 Å². The van der Waals surface area contributed by atoms with Gasteiger partial charge in [0, 0.05) is 40.4 Å². The van der Waals surface area contributed by atoms with Gasteiger partial charge in [-0.15, -0.1) is 0 Å². The van der Waals surface area contributed by atoms with Crippen molar-refractivity contribution >= 4 is 15.6 Å². The van der Waals surface area contributed by atoms with Crippen molar-refractivity contribution in [3.63, 3.8) is 0 Å². The Hall–Kier alpha value is -1.47. The van der Waals surface area contributed by atoms with Crippen molar-refractivity contribution in [3.05, 3.63) is 35.1 Å². The van der Waals surface area contributed by atoms with Crippen LogP contribution in [-0.2, 0) is 20.9 Å². The minimum Gasteiger partial charge on any atom is -0.371 e. The Bertz CT molecular complexity index is 773. The molecule has 1 aromatic rings. The summed E-state index contributed by atoms with van der Waals surface area (Å²) < 4.78 is 36.1. The summed E-state index contributed by atoms with van der Waals surface area (Å²) in [6.45, 7) is 3.36. The van der Waals surface area contributed by atoms with Crippen molar-refractivity contribution < 1.29 is 18.1 Å². The van der Waals surface area contributed by atoms with Gasteiger partial charge in [-0.25, -0.2) is 13.0 Å². The molecule has 7 heteroatoms. The van der Waals surface area contributed by atoms with Gasteiger partial charge in [0.1, 0.15) is 5.82 Å². The Kier molecular flexibility index (Phi) is 5.16. The number of halogens is 1. The van der Waals surface area contributed by atoms with Crippen molar-refractivity contribution in [2.75, 3.05) is 38.2 Å². The van der Waals surface area contributed by atoms with Gasteiger partial charge < -0.3 is 9.64 Å². The van der Waals surface area contributed by atoms with Crippen LogP contribution >= 0.6 is 0 Å². The number of morpholine rings is 1. The van der Waals surface area contributed by atoms with E-state index >= 15 is 0 Å². The van der Waals surface area contributed by atoms with Crippen LogP contribution in [0.2, 0.25) is 0 Å². The Labute approximate surface area is 148 Å². The largest absolute Gasteiger partial charge is 0.371 e. The molecule has 0 N–H and O–H groups in total. The highest BCUT2D eigenvalue weighted by Gasteiger charge is 2.42. The summed E-state index contributed by atoms with van der Waals surface area (Å²) >= 11 is 0. The summed E-state index contributed by atoms with van der Waals surface area (Å²) in [5.74, 6) is 0.466. The van der Waals surface area contributed by atoms with E-state index in [9.17, 15) is 13.4 Å². The zero-order valence-electron chi connectivity index (χ0n) is 14.8. The highest BCUT2D eigenvalue weighted by Crippen LogP contribution is 2.32. The number of hydrogen-bond acceptors (Lipinski definition) is 4. The summed E-state index contributed by atoms with van der Waals surface area (Å²) in [5, 5.41) is 0. The highest BCUT2D eigenvalue weighted by molar-refractivity contribution is 7.93. The van der Waals surface area contributed by atoms with Gasteiger partial charge in [0.05, 0.1) is 18.8 Å². The number of carbonyl (C=O) groups excluding carboxylic acids is 1. The van der Waals surface area contributed by atoms with Gasteiger partial charge in [-0.1, -0.05) is 13.0 Å². The lowest BCUT2D eigenvalue weighted by Gasteiger charge is -2.45. The molecule has 1 spiro atoms. The molecular formula is C18H25FN2O3S. The lowest BCUT2D eigenvalue weighted by molar-refractivity contribution is -0.104. The summed E-state index contributed by atoms with van der Waals surface area (Å²) in [6, 6.07) is 4.40. The van der Waals surface area contributed by atoms with Crippen molar-refractivity contribution in [2.24, 2.45) is 4.36 Å². The number of aryl methyl sites for hydroxylation is 1. The second kappa shape index (κ2) is 7.03. The van der Waals surface area contributed by atoms with Gasteiger partial charge in [0.2, 0.25) is 0 Å². The van der Waals surface area contributed by atoms with E-state index in [-0.39, 0.29) is 5.91 Å². The fourth-order valence-corrected chi connectivity index (χ4v) is 5.60. The number of hydrogen-bond donors (Lipinski definition) is 0. The van der Waals surface area contributed by atoms with Crippen LogP contribution in [0, 0.1) is 5.82 Å². The molecule has 5 nitrogen and oxygen atoms in total. The Morgan fingerprint density at radius 2 is 2.12 bits per heavy atom. The maximum atomic E-state index is 13.6. The molecule has 2 aliphatic rings. The van der Waals surface area contributed by atoms with Gasteiger partial charge in [0.25, 0.3) is 5.91 Å². The molecule has 0 atom stereocenters. The zero-order valence-corrected chi connectivity index (χ0v) is 15.6. The molecule has 2 saturated heterocycles. The molecule has 1 aromatic carbocycles. The van der Waals surface area contributed by atoms with Gasteiger partial charge in [-0.3, -0.25) is 4.79 Å². The quantitative estimate of drug-likeness (QED) is 0.806. The van der Waals surface area contributed by atoms with E-state index in [2.05, 4.69) is 4.36 Å². The zero-order chi connectivity index (χ0) is 18.1. The van der Waals surface area contributed by atoms with E-state index in [4.69, 9.17) is 4.74 Å². The molecule has 0 saturated carbocycles. The van der Waals surface area contributed by atoms with Gasteiger partial charge in [-0.2, -0.15) is 0 Å². The lowest BCUT2D eigenvalue weighted by atomic mass is 9.93. The van der Waals surface area contributed by atoms with Crippen LogP contribution in [0.5, 0.6) is 0 Å². The Morgan fingerprint density at radius 3 is 2.76 bits per heavy atom. The number of nitrogens with zero attached hydrogens (tertiary/aromatic N) is 2. The summed E-state index contributed by atoms with van der Waals surface area (Å²) in [4.78, 5) is 14.7. The van der Waals surface area contributed by atoms with Crippen LogP contribution in [-0.4, -0.2) is 58.9 Å². The first-order valence-electron chi connectivity index (χ1n) is 8.73. The number of carbonyl (C=O) groups is 1. The van der Waals surface area contributed by atoms with Crippen molar-refractivity contribution in [3.8, 4) is 0 Å². The summed E-state index contributed by atoms with van der Waals surface area (Å²) in [5.41, 5.74) is 0.838. The maximum absolute atomic E-state index is 13.6. The molecule has 0 radical (unpaired) electrons. The first kappa shape index (κ1) is 18.3. The molecule has 2 aliphatic heterocycles. The second-order valence-corrected chi connectivity index (χ2v) is 9.50. The van der Waals surface area contributed by atoms with Crippen molar-refractivity contribution in [1.29, 1.82) is 0 Å². The van der Waals surface area contributed by atoms with Crippen LogP contribution in [0.1, 0.15) is 35.7 Å². The van der Waals surface area contributed by atoms with Gasteiger partial charge >= 0.3 is 0 Å². The van der Waals surface area contributed by atoms with Crippen LogP contribution < -0.4 is 0 Å². The molecule has 3 rings (SSSR count). The van der Waals surface area contributed by atoms with Crippen molar-refractivity contribution in [1.82, 2.24) is 4.90 Å². The molecule has 2 heterocycles.